The molecule has 3 aromatic rings. The van der Waals surface area contributed by atoms with Crippen LogP contribution in [0.2, 0.25) is 0 Å². The Balaban J connectivity index is 1.54. The summed E-state index contributed by atoms with van der Waals surface area (Å²) in [5.74, 6) is -0.735. The molecular formula is C26H27N5O3. The summed E-state index contributed by atoms with van der Waals surface area (Å²) >= 11 is 0. The van der Waals surface area contributed by atoms with Crippen LogP contribution < -0.4 is 15.5 Å². The fourth-order valence-electron chi connectivity index (χ4n) is 4.92. The third-order valence-corrected chi connectivity index (χ3v) is 6.60. The van der Waals surface area contributed by atoms with Crippen LogP contribution in [0.15, 0.2) is 42.5 Å². The molecule has 2 aliphatic rings. The second-order valence-electron chi connectivity index (χ2n) is 8.97. The first-order chi connectivity index (χ1) is 16.3. The summed E-state index contributed by atoms with van der Waals surface area (Å²) < 4.78 is 1.53. The smallest absolute Gasteiger partial charge is 0.277 e. The van der Waals surface area contributed by atoms with Crippen LogP contribution in [0, 0.1) is 13.8 Å². The average Bonchev–Trinajstić information content (AvgIpc) is 3.21. The zero-order valence-electron chi connectivity index (χ0n) is 19.4. The normalized spacial score (nSPS) is 16.1. The van der Waals surface area contributed by atoms with Crippen LogP contribution in [-0.2, 0) is 11.2 Å². The van der Waals surface area contributed by atoms with Gasteiger partial charge in [0.05, 0.1) is 5.69 Å². The Kier molecular flexibility index (Phi) is 5.43. The first-order valence-electron chi connectivity index (χ1n) is 11.6. The van der Waals surface area contributed by atoms with Gasteiger partial charge in [-0.3, -0.25) is 14.4 Å². The van der Waals surface area contributed by atoms with Gasteiger partial charge in [0.15, 0.2) is 5.69 Å². The third kappa shape index (κ3) is 3.65. The molecule has 174 valence electrons. The Morgan fingerprint density at radius 2 is 1.76 bits per heavy atom. The molecule has 2 aromatic carbocycles. The summed E-state index contributed by atoms with van der Waals surface area (Å²) in [6, 6.07) is 13.4. The standard InChI is InChI=1S/C26H27N5O3/c1-16-6-5-7-19(14-16)31-24-20(23(28-31)25(27)33)11-13-30(26(24)34)21-10-9-18(15-17(21)2)29-12-4-3-8-22(29)32/h5-7,9-10,14-15H,3-4,8,11-13H2,1-2H3,(H2,27,33). The Labute approximate surface area is 197 Å². The molecule has 1 fully saturated rings. The molecule has 34 heavy (non-hydrogen) atoms. The zero-order valence-corrected chi connectivity index (χ0v) is 19.4. The molecule has 8 nitrogen and oxygen atoms in total. The van der Waals surface area contributed by atoms with E-state index in [9.17, 15) is 14.4 Å². The summed E-state index contributed by atoms with van der Waals surface area (Å²) in [5, 5.41) is 4.44. The van der Waals surface area contributed by atoms with Crippen LogP contribution in [0.5, 0.6) is 0 Å². The van der Waals surface area contributed by atoms with Gasteiger partial charge in [-0.2, -0.15) is 5.10 Å². The molecule has 0 atom stereocenters. The highest BCUT2D eigenvalue weighted by atomic mass is 16.2. The monoisotopic (exact) mass is 457 g/mol. The van der Waals surface area contributed by atoms with Gasteiger partial charge in [0, 0.05) is 36.4 Å². The molecule has 0 spiro atoms. The summed E-state index contributed by atoms with van der Waals surface area (Å²) in [6.45, 7) is 5.03. The van der Waals surface area contributed by atoms with E-state index < -0.39 is 5.91 Å². The van der Waals surface area contributed by atoms with Crippen molar-refractivity contribution < 1.29 is 14.4 Å². The highest BCUT2D eigenvalue weighted by Crippen LogP contribution is 2.33. The maximum Gasteiger partial charge on any atom is 0.277 e. The number of anilines is 2. The Morgan fingerprint density at radius 3 is 2.47 bits per heavy atom. The molecular weight excluding hydrogens is 430 g/mol. The molecule has 0 saturated carbocycles. The molecule has 1 saturated heterocycles. The fraction of sp³-hybridized carbons (Fsp3) is 0.308. The van der Waals surface area contributed by atoms with E-state index in [0.29, 0.717) is 36.3 Å². The van der Waals surface area contributed by atoms with Crippen molar-refractivity contribution in [2.75, 3.05) is 22.9 Å². The molecule has 0 unspecified atom stereocenters. The van der Waals surface area contributed by atoms with Crippen LogP contribution in [-0.4, -0.2) is 40.6 Å². The molecule has 2 aliphatic heterocycles. The van der Waals surface area contributed by atoms with Gasteiger partial charge in [-0.15, -0.1) is 0 Å². The number of benzene rings is 2. The second-order valence-corrected chi connectivity index (χ2v) is 8.97. The van der Waals surface area contributed by atoms with E-state index >= 15 is 0 Å². The van der Waals surface area contributed by atoms with Crippen molar-refractivity contribution in [1.29, 1.82) is 0 Å². The summed E-state index contributed by atoms with van der Waals surface area (Å²) in [7, 11) is 0. The van der Waals surface area contributed by atoms with Gasteiger partial charge in [-0.1, -0.05) is 12.1 Å². The van der Waals surface area contributed by atoms with E-state index in [0.717, 1.165) is 41.9 Å². The van der Waals surface area contributed by atoms with E-state index in [1.807, 2.05) is 61.2 Å². The summed E-state index contributed by atoms with van der Waals surface area (Å²) in [5.41, 5.74) is 11.0. The quantitative estimate of drug-likeness (QED) is 0.649. The molecule has 0 aliphatic carbocycles. The predicted octanol–water partition coefficient (Wildman–Crippen LogP) is 3.31. The summed E-state index contributed by atoms with van der Waals surface area (Å²) in [4.78, 5) is 41.8. The number of primary amides is 1. The minimum Gasteiger partial charge on any atom is -0.364 e. The van der Waals surface area contributed by atoms with Gasteiger partial charge in [0.1, 0.15) is 5.69 Å². The van der Waals surface area contributed by atoms with Crippen LogP contribution in [0.25, 0.3) is 5.69 Å². The molecule has 2 N–H and O–H groups in total. The molecule has 1 aromatic heterocycles. The number of nitrogens with two attached hydrogens (primary N) is 1. The number of carbonyl (C=O) groups is 3. The minimum absolute atomic E-state index is 0.137. The first kappa shape index (κ1) is 21.9. The van der Waals surface area contributed by atoms with Gasteiger partial charge in [0.25, 0.3) is 11.8 Å². The van der Waals surface area contributed by atoms with Crippen molar-refractivity contribution in [2.45, 2.75) is 39.5 Å². The lowest BCUT2D eigenvalue weighted by Gasteiger charge is -2.31. The van der Waals surface area contributed by atoms with Gasteiger partial charge in [-0.25, -0.2) is 4.68 Å². The van der Waals surface area contributed by atoms with E-state index in [-0.39, 0.29) is 17.5 Å². The lowest BCUT2D eigenvalue weighted by atomic mass is 10.0. The topological polar surface area (TPSA) is 102 Å². The predicted molar refractivity (Wildman–Crippen MR) is 130 cm³/mol. The maximum absolute atomic E-state index is 13.8. The highest BCUT2D eigenvalue weighted by Gasteiger charge is 2.35. The first-order valence-corrected chi connectivity index (χ1v) is 11.6. The summed E-state index contributed by atoms with van der Waals surface area (Å²) in [6.07, 6.45) is 2.96. The van der Waals surface area contributed by atoms with E-state index in [2.05, 4.69) is 5.10 Å². The van der Waals surface area contributed by atoms with Gasteiger partial charge in [0.2, 0.25) is 5.91 Å². The maximum atomic E-state index is 13.8. The van der Waals surface area contributed by atoms with E-state index in [4.69, 9.17) is 5.73 Å². The zero-order chi connectivity index (χ0) is 24.0. The molecule has 3 amide bonds. The molecule has 8 heteroatoms. The van der Waals surface area contributed by atoms with Crippen molar-refractivity contribution in [3.63, 3.8) is 0 Å². The van der Waals surface area contributed by atoms with Gasteiger partial charge < -0.3 is 15.5 Å². The number of aryl methyl sites for hydroxylation is 2. The number of fused-ring (bicyclic) bond motifs is 1. The number of aromatic nitrogens is 2. The molecule has 0 bridgehead atoms. The average molecular weight is 458 g/mol. The van der Waals surface area contributed by atoms with Gasteiger partial charge in [-0.05, 0) is 74.6 Å². The largest absolute Gasteiger partial charge is 0.364 e. The SMILES string of the molecule is Cc1cccc(-n2nc(C(N)=O)c3c2C(=O)N(c2ccc(N4CCCCC4=O)cc2C)CC3)c1. The Morgan fingerprint density at radius 1 is 0.941 bits per heavy atom. The van der Waals surface area contributed by atoms with E-state index in [1.54, 1.807) is 4.90 Å². The van der Waals surface area contributed by atoms with Gasteiger partial charge >= 0.3 is 0 Å². The van der Waals surface area contributed by atoms with Crippen LogP contribution in [0.1, 0.15) is 56.9 Å². The van der Waals surface area contributed by atoms with Crippen molar-refractivity contribution in [3.8, 4) is 5.69 Å². The number of carbonyl (C=O) groups excluding carboxylic acids is 3. The van der Waals surface area contributed by atoms with E-state index in [1.165, 1.54) is 4.68 Å². The van der Waals surface area contributed by atoms with Crippen molar-refractivity contribution >= 4 is 29.1 Å². The number of rotatable bonds is 4. The lowest BCUT2D eigenvalue weighted by Crippen LogP contribution is -2.39. The number of amides is 3. The molecule has 0 radical (unpaired) electrons. The fourth-order valence-corrected chi connectivity index (χ4v) is 4.92. The Hall–Kier alpha value is -3.94. The minimum atomic E-state index is -0.643. The van der Waals surface area contributed by atoms with Crippen LogP contribution in [0.3, 0.4) is 0 Å². The molecule has 3 heterocycles. The second kappa shape index (κ2) is 8.44. The Bertz CT molecular complexity index is 1330. The highest BCUT2D eigenvalue weighted by molar-refractivity contribution is 6.10. The van der Waals surface area contributed by atoms with Crippen molar-refractivity contribution in [2.24, 2.45) is 5.73 Å². The van der Waals surface area contributed by atoms with Crippen LogP contribution in [0.4, 0.5) is 11.4 Å². The molecule has 5 rings (SSSR count). The number of nitrogens with zero attached hydrogens (tertiary/aromatic N) is 4. The van der Waals surface area contributed by atoms with Crippen LogP contribution >= 0.6 is 0 Å². The number of hydrogen-bond acceptors (Lipinski definition) is 4. The third-order valence-electron chi connectivity index (χ3n) is 6.60. The van der Waals surface area contributed by atoms with Crippen molar-refractivity contribution in [1.82, 2.24) is 9.78 Å². The lowest BCUT2D eigenvalue weighted by molar-refractivity contribution is -0.119. The van der Waals surface area contributed by atoms with Crippen molar-refractivity contribution in [3.05, 3.63) is 70.5 Å². The number of hydrogen-bond donors (Lipinski definition) is 1. The number of piperidine rings is 1.